The van der Waals surface area contributed by atoms with Gasteiger partial charge in [-0.2, -0.15) is 0 Å². The third-order valence-electron chi connectivity index (χ3n) is 7.10. The highest BCUT2D eigenvalue weighted by molar-refractivity contribution is 5.81. The van der Waals surface area contributed by atoms with Crippen molar-refractivity contribution < 1.29 is 0 Å². The molecule has 3 N–H and O–H groups in total. The predicted molar refractivity (Wildman–Crippen MR) is 135 cm³/mol. The lowest BCUT2D eigenvalue weighted by atomic mass is 9.78. The summed E-state index contributed by atoms with van der Waals surface area (Å²) in [6, 6.07) is 17.9. The second kappa shape index (κ2) is 12.4. The minimum absolute atomic E-state index is 0.0824. The highest BCUT2D eigenvalue weighted by Gasteiger charge is 2.46. The van der Waals surface area contributed by atoms with Crippen LogP contribution in [0.3, 0.4) is 0 Å². The Labute approximate surface area is 191 Å². The second-order valence-electron chi connectivity index (χ2n) is 9.40. The number of benzene rings is 2. The zero-order valence-electron chi connectivity index (χ0n) is 20.0. The fraction of sp³-hybridized carbons (Fsp3) is 0.586. The van der Waals surface area contributed by atoms with E-state index >= 15 is 0 Å². The van der Waals surface area contributed by atoms with Gasteiger partial charge in [0.05, 0.1) is 5.54 Å². The molecule has 2 nitrogen and oxygen atoms in total. The van der Waals surface area contributed by atoms with E-state index in [9.17, 15) is 0 Å². The first-order valence-electron chi connectivity index (χ1n) is 13.0. The number of rotatable bonds is 15. The lowest BCUT2D eigenvalue weighted by molar-refractivity contribution is 0.310. The van der Waals surface area contributed by atoms with Crippen molar-refractivity contribution in [1.29, 1.82) is 0 Å². The van der Waals surface area contributed by atoms with Crippen LogP contribution in [0.2, 0.25) is 0 Å². The van der Waals surface area contributed by atoms with Gasteiger partial charge in [-0.3, -0.25) is 0 Å². The topological polar surface area (TPSA) is 38.0 Å². The molecule has 0 saturated heterocycles. The summed E-state index contributed by atoms with van der Waals surface area (Å²) in [4.78, 5) is 0. The zero-order chi connectivity index (χ0) is 21.9. The molecule has 0 bridgehead atoms. The van der Waals surface area contributed by atoms with Crippen molar-refractivity contribution in [3.63, 3.8) is 0 Å². The molecule has 0 amide bonds. The first-order chi connectivity index (χ1) is 15.3. The molecule has 0 fully saturated rings. The SMILES string of the molecule is CCCCCCCCNC1(C(N)CCCCCCC)c2ccccc2-c2ccccc21. The first kappa shape index (κ1) is 24.0. The quantitative estimate of drug-likeness (QED) is 0.292. The van der Waals surface area contributed by atoms with Crippen molar-refractivity contribution in [1.82, 2.24) is 5.32 Å². The summed E-state index contributed by atoms with van der Waals surface area (Å²) in [5, 5.41) is 4.03. The smallest absolute Gasteiger partial charge is 0.0856 e. The lowest BCUT2D eigenvalue weighted by Gasteiger charge is -2.39. The number of unbranched alkanes of at least 4 members (excludes halogenated alkanes) is 9. The molecule has 1 atom stereocenters. The van der Waals surface area contributed by atoms with Gasteiger partial charge < -0.3 is 11.1 Å². The van der Waals surface area contributed by atoms with E-state index < -0.39 is 0 Å². The Morgan fingerprint density at radius 2 is 1.16 bits per heavy atom. The summed E-state index contributed by atoms with van der Waals surface area (Å²) < 4.78 is 0. The van der Waals surface area contributed by atoms with E-state index in [0.29, 0.717) is 0 Å². The molecule has 2 aromatic rings. The minimum atomic E-state index is -0.263. The highest BCUT2D eigenvalue weighted by atomic mass is 15.0. The third kappa shape index (κ3) is 5.59. The summed E-state index contributed by atoms with van der Waals surface area (Å²) in [6.07, 6.45) is 15.4. The summed E-state index contributed by atoms with van der Waals surface area (Å²) in [5.74, 6) is 0. The van der Waals surface area contributed by atoms with Crippen LogP contribution in [0.4, 0.5) is 0 Å². The molecular weight excluding hydrogens is 376 g/mol. The molecule has 3 rings (SSSR count). The number of nitrogens with one attached hydrogen (secondary N) is 1. The average Bonchev–Trinajstić information content (AvgIpc) is 3.09. The van der Waals surface area contributed by atoms with E-state index in [1.807, 2.05) is 0 Å². The summed E-state index contributed by atoms with van der Waals surface area (Å²) in [7, 11) is 0. The van der Waals surface area contributed by atoms with E-state index in [-0.39, 0.29) is 11.6 Å². The molecule has 1 aliphatic carbocycles. The molecule has 0 heterocycles. The van der Waals surface area contributed by atoms with Crippen molar-refractivity contribution in [2.24, 2.45) is 5.73 Å². The van der Waals surface area contributed by atoms with Crippen LogP contribution in [0.5, 0.6) is 0 Å². The van der Waals surface area contributed by atoms with Crippen LogP contribution in [0.25, 0.3) is 11.1 Å². The van der Waals surface area contributed by atoms with Crippen LogP contribution in [-0.2, 0) is 5.54 Å². The van der Waals surface area contributed by atoms with Gasteiger partial charge in [-0.15, -0.1) is 0 Å². The maximum absolute atomic E-state index is 7.08. The van der Waals surface area contributed by atoms with Crippen LogP contribution in [0.15, 0.2) is 48.5 Å². The monoisotopic (exact) mass is 420 g/mol. The van der Waals surface area contributed by atoms with Crippen LogP contribution >= 0.6 is 0 Å². The Balaban J connectivity index is 1.78. The molecule has 0 saturated carbocycles. The summed E-state index contributed by atoms with van der Waals surface area (Å²) in [6.45, 7) is 5.58. The van der Waals surface area contributed by atoms with Gasteiger partial charge in [-0.25, -0.2) is 0 Å². The summed E-state index contributed by atoms with van der Waals surface area (Å²) >= 11 is 0. The van der Waals surface area contributed by atoms with Gasteiger partial charge in [0.2, 0.25) is 0 Å². The predicted octanol–water partition coefficient (Wildman–Crippen LogP) is 7.55. The lowest BCUT2D eigenvalue weighted by Crippen LogP contribution is -2.55. The molecule has 0 aromatic heterocycles. The maximum atomic E-state index is 7.08. The number of fused-ring (bicyclic) bond motifs is 3. The van der Waals surface area contributed by atoms with Gasteiger partial charge >= 0.3 is 0 Å². The van der Waals surface area contributed by atoms with Crippen molar-refractivity contribution in [2.75, 3.05) is 6.54 Å². The molecule has 0 radical (unpaired) electrons. The maximum Gasteiger partial charge on any atom is 0.0856 e. The third-order valence-corrected chi connectivity index (χ3v) is 7.10. The fourth-order valence-electron chi connectivity index (χ4n) is 5.36. The molecule has 0 spiro atoms. The van der Waals surface area contributed by atoms with Gasteiger partial charge in [-0.05, 0) is 41.6 Å². The minimum Gasteiger partial charge on any atom is -0.326 e. The second-order valence-corrected chi connectivity index (χ2v) is 9.40. The van der Waals surface area contributed by atoms with Gasteiger partial charge in [-0.1, -0.05) is 127 Å². The molecule has 1 aliphatic rings. The van der Waals surface area contributed by atoms with Crippen molar-refractivity contribution in [3.05, 3.63) is 59.7 Å². The van der Waals surface area contributed by atoms with Crippen LogP contribution in [0, 0.1) is 0 Å². The van der Waals surface area contributed by atoms with Gasteiger partial charge in [0.25, 0.3) is 0 Å². The molecular formula is C29H44N2. The number of hydrogen-bond donors (Lipinski definition) is 2. The number of hydrogen-bond acceptors (Lipinski definition) is 2. The largest absolute Gasteiger partial charge is 0.326 e. The van der Waals surface area contributed by atoms with Crippen molar-refractivity contribution in [3.8, 4) is 11.1 Å². The highest BCUT2D eigenvalue weighted by Crippen LogP contribution is 2.49. The Bertz CT molecular complexity index is 736. The van der Waals surface area contributed by atoms with Crippen molar-refractivity contribution >= 4 is 0 Å². The normalized spacial score (nSPS) is 14.9. The van der Waals surface area contributed by atoms with E-state index in [1.165, 1.54) is 92.9 Å². The van der Waals surface area contributed by atoms with Crippen LogP contribution < -0.4 is 11.1 Å². The molecule has 2 aromatic carbocycles. The molecule has 170 valence electrons. The van der Waals surface area contributed by atoms with Crippen LogP contribution in [0.1, 0.15) is 102 Å². The number of nitrogens with two attached hydrogens (primary N) is 1. The Hall–Kier alpha value is -1.64. The molecule has 0 aliphatic heterocycles. The van der Waals surface area contributed by atoms with E-state index in [4.69, 9.17) is 5.73 Å². The van der Waals surface area contributed by atoms with Gasteiger partial charge in [0, 0.05) is 6.04 Å². The Morgan fingerprint density at radius 3 is 1.74 bits per heavy atom. The molecule has 1 unspecified atom stereocenters. The molecule has 2 heteroatoms. The summed E-state index contributed by atoms with van der Waals surface area (Å²) in [5.41, 5.74) is 12.3. The van der Waals surface area contributed by atoms with Gasteiger partial charge in [0.1, 0.15) is 0 Å². The molecule has 31 heavy (non-hydrogen) atoms. The fourth-order valence-corrected chi connectivity index (χ4v) is 5.36. The standard InChI is InChI=1S/C29H44N2/c1-3-5-7-9-11-17-23-31-29(28(30)22-12-10-8-6-4-2)26-20-15-13-18-24(26)25-19-14-16-21-27(25)29/h13-16,18-21,28,31H,3-12,17,22-23,30H2,1-2H3. The van der Waals surface area contributed by atoms with Crippen LogP contribution in [-0.4, -0.2) is 12.6 Å². The Kier molecular flexibility index (Phi) is 9.61. The first-order valence-corrected chi connectivity index (χ1v) is 13.0. The average molecular weight is 421 g/mol. The zero-order valence-corrected chi connectivity index (χ0v) is 20.0. The van der Waals surface area contributed by atoms with Gasteiger partial charge in [0.15, 0.2) is 0 Å². The van der Waals surface area contributed by atoms with Crippen molar-refractivity contribution in [2.45, 2.75) is 102 Å². The van der Waals surface area contributed by atoms with E-state index in [2.05, 4.69) is 67.7 Å². The van der Waals surface area contributed by atoms with E-state index in [0.717, 1.165) is 13.0 Å². The Morgan fingerprint density at radius 1 is 0.677 bits per heavy atom. The van der Waals surface area contributed by atoms with E-state index in [1.54, 1.807) is 0 Å².